The van der Waals surface area contributed by atoms with Gasteiger partial charge in [0.25, 0.3) is 0 Å². The predicted molar refractivity (Wildman–Crippen MR) is 86.0 cm³/mol. The molecular formula is C15H16ClN5O. The second-order valence-electron chi connectivity index (χ2n) is 5.19. The summed E-state index contributed by atoms with van der Waals surface area (Å²) in [6.45, 7) is 3.69. The summed E-state index contributed by atoms with van der Waals surface area (Å²) in [4.78, 5) is 4.32. The molecule has 0 saturated carbocycles. The van der Waals surface area contributed by atoms with Gasteiger partial charge in [-0.3, -0.25) is 5.73 Å². The molecule has 0 bridgehead atoms. The largest absolute Gasteiger partial charge is 0.384 e. The number of halogens is 1. The number of nitrogens with zero attached hydrogens (tertiary/aromatic N) is 2. The highest BCUT2D eigenvalue weighted by Gasteiger charge is 2.32. The normalized spacial score (nSPS) is 21.1. The standard InChI is InChI=1S/C15H16ClN5O/c1-8-14(9(2)22-21-8)12-7-13(17)20-15(18,19-12)10-3-5-11(16)6-4-10/h3-7,19H,18H2,1-2H3,(H2,17,20). The van der Waals surface area contributed by atoms with Gasteiger partial charge >= 0.3 is 0 Å². The molecule has 0 amide bonds. The third-order valence-electron chi connectivity index (χ3n) is 3.51. The SMILES string of the molecule is Cc1noc(C)c1C1=CC(N)=NC(N)(c2ccc(Cl)cc2)N1. The highest BCUT2D eigenvalue weighted by atomic mass is 35.5. The van der Waals surface area contributed by atoms with E-state index in [9.17, 15) is 0 Å². The highest BCUT2D eigenvalue weighted by Crippen LogP contribution is 2.29. The van der Waals surface area contributed by atoms with Crippen LogP contribution in [0.5, 0.6) is 0 Å². The third-order valence-corrected chi connectivity index (χ3v) is 3.76. The van der Waals surface area contributed by atoms with E-state index in [0.29, 0.717) is 16.6 Å². The molecule has 1 aromatic heterocycles. The first kappa shape index (κ1) is 14.6. The first-order valence-corrected chi connectivity index (χ1v) is 7.10. The van der Waals surface area contributed by atoms with E-state index in [2.05, 4.69) is 15.5 Å². The van der Waals surface area contributed by atoms with Crippen molar-refractivity contribution in [3.05, 3.63) is 57.9 Å². The predicted octanol–water partition coefficient (Wildman–Crippen LogP) is 2.02. The van der Waals surface area contributed by atoms with E-state index in [1.54, 1.807) is 18.2 Å². The van der Waals surface area contributed by atoms with Crippen molar-refractivity contribution in [1.82, 2.24) is 10.5 Å². The minimum atomic E-state index is -1.17. The number of rotatable bonds is 2. The van der Waals surface area contributed by atoms with Crippen LogP contribution in [-0.4, -0.2) is 11.0 Å². The first-order valence-electron chi connectivity index (χ1n) is 6.72. The van der Waals surface area contributed by atoms with E-state index in [0.717, 1.165) is 22.5 Å². The summed E-state index contributed by atoms with van der Waals surface area (Å²) in [6.07, 6.45) is 1.72. The van der Waals surface area contributed by atoms with Gasteiger partial charge in [0.2, 0.25) is 5.79 Å². The van der Waals surface area contributed by atoms with Crippen molar-refractivity contribution in [1.29, 1.82) is 0 Å². The van der Waals surface area contributed by atoms with Crippen LogP contribution in [0.15, 0.2) is 39.9 Å². The van der Waals surface area contributed by atoms with E-state index in [1.165, 1.54) is 0 Å². The Kier molecular flexibility index (Phi) is 3.42. The molecule has 5 N–H and O–H groups in total. The lowest BCUT2D eigenvalue weighted by Crippen LogP contribution is -2.51. The van der Waals surface area contributed by atoms with Crippen LogP contribution >= 0.6 is 11.6 Å². The molecule has 1 aromatic carbocycles. The molecule has 0 aliphatic carbocycles. The maximum atomic E-state index is 6.40. The van der Waals surface area contributed by atoms with Crippen LogP contribution in [0.3, 0.4) is 0 Å². The van der Waals surface area contributed by atoms with Crippen LogP contribution in [0.2, 0.25) is 5.02 Å². The zero-order valence-electron chi connectivity index (χ0n) is 12.2. The maximum Gasteiger partial charge on any atom is 0.211 e. The summed E-state index contributed by atoms with van der Waals surface area (Å²) >= 11 is 5.92. The van der Waals surface area contributed by atoms with Crippen molar-refractivity contribution in [2.75, 3.05) is 0 Å². The summed E-state index contributed by atoms with van der Waals surface area (Å²) < 4.78 is 5.20. The third kappa shape index (κ3) is 2.47. The summed E-state index contributed by atoms with van der Waals surface area (Å²) in [5.41, 5.74) is 15.4. The number of nitrogens with two attached hydrogens (primary N) is 2. The molecule has 6 nitrogen and oxygen atoms in total. The molecule has 0 spiro atoms. The molecule has 1 atom stereocenters. The van der Waals surface area contributed by atoms with Crippen molar-refractivity contribution in [3.8, 4) is 0 Å². The fourth-order valence-electron chi connectivity index (χ4n) is 2.50. The first-order chi connectivity index (χ1) is 10.4. The summed E-state index contributed by atoms with van der Waals surface area (Å²) in [5.74, 6) is -0.162. The van der Waals surface area contributed by atoms with Gasteiger partial charge < -0.3 is 15.6 Å². The Labute approximate surface area is 132 Å². The Morgan fingerprint density at radius 2 is 1.91 bits per heavy atom. The molecule has 1 aliphatic rings. The van der Waals surface area contributed by atoms with Crippen LogP contribution in [0, 0.1) is 13.8 Å². The van der Waals surface area contributed by atoms with Crippen LogP contribution in [0.4, 0.5) is 0 Å². The molecule has 3 rings (SSSR count). The van der Waals surface area contributed by atoms with Gasteiger partial charge in [-0.1, -0.05) is 28.9 Å². The fourth-order valence-corrected chi connectivity index (χ4v) is 2.62. The van der Waals surface area contributed by atoms with E-state index < -0.39 is 5.79 Å². The number of hydrogen-bond donors (Lipinski definition) is 3. The molecular weight excluding hydrogens is 302 g/mol. The Morgan fingerprint density at radius 1 is 1.23 bits per heavy atom. The lowest BCUT2D eigenvalue weighted by molar-refractivity contribution is 0.392. The Balaban J connectivity index is 2.04. The molecule has 7 heteroatoms. The molecule has 0 radical (unpaired) electrons. The minimum Gasteiger partial charge on any atom is -0.384 e. The van der Waals surface area contributed by atoms with Gasteiger partial charge in [-0.05, 0) is 26.0 Å². The quantitative estimate of drug-likeness (QED) is 0.786. The number of nitrogens with one attached hydrogen (secondary N) is 1. The van der Waals surface area contributed by atoms with E-state index in [4.69, 9.17) is 27.6 Å². The molecule has 22 heavy (non-hydrogen) atoms. The monoisotopic (exact) mass is 317 g/mol. The van der Waals surface area contributed by atoms with Crippen LogP contribution in [0.25, 0.3) is 5.70 Å². The molecule has 0 fully saturated rings. The Morgan fingerprint density at radius 3 is 2.50 bits per heavy atom. The number of aliphatic imine (C=N–C) groups is 1. The number of hydrogen-bond acceptors (Lipinski definition) is 6. The van der Waals surface area contributed by atoms with Gasteiger partial charge in [-0.2, -0.15) is 0 Å². The topological polar surface area (TPSA) is 102 Å². The van der Waals surface area contributed by atoms with E-state index >= 15 is 0 Å². The van der Waals surface area contributed by atoms with Crippen LogP contribution in [-0.2, 0) is 5.79 Å². The van der Waals surface area contributed by atoms with Crippen molar-refractivity contribution < 1.29 is 4.52 Å². The summed E-state index contributed by atoms with van der Waals surface area (Å²) in [7, 11) is 0. The minimum absolute atomic E-state index is 0.325. The number of aryl methyl sites for hydroxylation is 2. The van der Waals surface area contributed by atoms with Gasteiger partial charge in [-0.15, -0.1) is 0 Å². The van der Waals surface area contributed by atoms with Crippen LogP contribution in [0.1, 0.15) is 22.6 Å². The smallest absolute Gasteiger partial charge is 0.211 e. The second kappa shape index (κ2) is 5.15. The zero-order chi connectivity index (χ0) is 15.9. The van der Waals surface area contributed by atoms with Crippen LogP contribution < -0.4 is 16.8 Å². The highest BCUT2D eigenvalue weighted by molar-refractivity contribution is 6.30. The molecule has 1 aliphatic heterocycles. The zero-order valence-corrected chi connectivity index (χ0v) is 13.0. The average Bonchev–Trinajstić information content (AvgIpc) is 2.77. The van der Waals surface area contributed by atoms with Crippen molar-refractivity contribution in [3.63, 3.8) is 0 Å². The van der Waals surface area contributed by atoms with Gasteiger partial charge in [0, 0.05) is 16.7 Å². The van der Waals surface area contributed by atoms with Crippen molar-refractivity contribution in [2.45, 2.75) is 19.6 Å². The lowest BCUT2D eigenvalue weighted by Gasteiger charge is -2.32. The van der Waals surface area contributed by atoms with Crippen molar-refractivity contribution >= 4 is 23.1 Å². The molecule has 2 heterocycles. The molecule has 114 valence electrons. The van der Waals surface area contributed by atoms with Crippen molar-refractivity contribution in [2.24, 2.45) is 16.5 Å². The molecule has 2 aromatic rings. The van der Waals surface area contributed by atoms with E-state index in [-0.39, 0.29) is 0 Å². The Hall–Kier alpha value is -2.31. The van der Waals surface area contributed by atoms with Gasteiger partial charge in [0.1, 0.15) is 11.6 Å². The molecule has 0 saturated heterocycles. The van der Waals surface area contributed by atoms with Gasteiger partial charge in [0.15, 0.2) is 0 Å². The van der Waals surface area contributed by atoms with E-state index in [1.807, 2.05) is 26.0 Å². The lowest BCUT2D eigenvalue weighted by atomic mass is 10.0. The second-order valence-corrected chi connectivity index (χ2v) is 5.63. The van der Waals surface area contributed by atoms with Gasteiger partial charge in [0.05, 0.1) is 17.0 Å². The number of benzene rings is 1. The summed E-state index contributed by atoms with van der Waals surface area (Å²) in [5, 5.41) is 7.79. The Bertz CT molecular complexity index is 758. The summed E-state index contributed by atoms with van der Waals surface area (Å²) in [6, 6.07) is 7.13. The average molecular weight is 318 g/mol. The van der Waals surface area contributed by atoms with Gasteiger partial charge in [-0.25, -0.2) is 4.99 Å². The fraction of sp³-hybridized carbons (Fsp3) is 0.200. The maximum absolute atomic E-state index is 6.40. The number of aromatic nitrogens is 1. The molecule has 1 unspecified atom stereocenters. The number of amidine groups is 1.